The molecule has 3 rings (SSSR count). The highest BCUT2D eigenvalue weighted by atomic mass is 15.2. The second kappa shape index (κ2) is 4.70. The van der Waals surface area contributed by atoms with Crippen molar-refractivity contribution in [1.82, 2.24) is 20.2 Å². The lowest BCUT2D eigenvalue weighted by atomic mass is 10.2. The van der Waals surface area contributed by atoms with Gasteiger partial charge in [0.05, 0.1) is 5.69 Å². The van der Waals surface area contributed by atoms with Crippen LogP contribution in [0.3, 0.4) is 0 Å². The Morgan fingerprint density at radius 3 is 2.76 bits per heavy atom. The predicted molar refractivity (Wildman–Crippen MR) is 66.9 cm³/mol. The molecule has 0 radical (unpaired) electrons. The van der Waals surface area contributed by atoms with Crippen molar-refractivity contribution in [1.29, 1.82) is 0 Å². The molecule has 1 N–H and O–H groups in total. The first kappa shape index (κ1) is 11.1. The Bertz CT molecular complexity index is 394. The summed E-state index contributed by atoms with van der Waals surface area (Å²) in [6.45, 7) is 7.43. The van der Waals surface area contributed by atoms with Crippen molar-refractivity contribution in [2.45, 2.75) is 32.2 Å². The number of nitrogens with zero attached hydrogens (tertiary/aromatic N) is 3. The molecule has 0 atom stereocenters. The fourth-order valence-electron chi connectivity index (χ4n) is 2.42. The zero-order valence-corrected chi connectivity index (χ0v) is 10.4. The van der Waals surface area contributed by atoms with Gasteiger partial charge in [-0.15, -0.1) is 0 Å². The van der Waals surface area contributed by atoms with Gasteiger partial charge in [0.1, 0.15) is 5.82 Å². The highest BCUT2D eigenvalue weighted by molar-refractivity contribution is 5.19. The second-order valence-electron chi connectivity index (χ2n) is 5.13. The van der Waals surface area contributed by atoms with Gasteiger partial charge in [-0.2, -0.15) is 0 Å². The summed E-state index contributed by atoms with van der Waals surface area (Å²) in [6, 6.07) is 2.21. The number of aromatic nitrogens is 2. The van der Waals surface area contributed by atoms with E-state index < -0.39 is 0 Å². The maximum absolute atomic E-state index is 4.56. The molecule has 2 fully saturated rings. The Morgan fingerprint density at radius 2 is 2.06 bits per heavy atom. The van der Waals surface area contributed by atoms with Crippen molar-refractivity contribution < 1.29 is 0 Å². The summed E-state index contributed by atoms with van der Waals surface area (Å²) < 4.78 is 0. The number of rotatable bonds is 3. The third-order valence-corrected chi connectivity index (χ3v) is 3.50. The quantitative estimate of drug-likeness (QED) is 0.846. The molecule has 0 bridgehead atoms. The van der Waals surface area contributed by atoms with Crippen molar-refractivity contribution in [3.8, 4) is 0 Å². The fourth-order valence-corrected chi connectivity index (χ4v) is 2.42. The summed E-state index contributed by atoms with van der Waals surface area (Å²) in [6.07, 6.45) is 2.62. The minimum absolute atomic E-state index is 0.721. The lowest BCUT2D eigenvalue weighted by Crippen LogP contribution is -2.43. The number of piperazine rings is 1. The molecular formula is C13H20N4. The monoisotopic (exact) mass is 232 g/mol. The van der Waals surface area contributed by atoms with E-state index in [4.69, 9.17) is 0 Å². The van der Waals surface area contributed by atoms with E-state index in [-0.39, 0.29) is 0 Å². The molecule has 4 heteroatoms. The topological polar surface area (TPSA) is 41.1 Å². The van der Waals surface area contributed by atoms with Crippen LogP contribution in [0, 0.1) is 6.92 Å². The van der Waals surface area contributed by atoms with Gasteiger partial charge in [0, 0.05) is 44.3 Å². The lowest BCUT2D eigenvalue weighted by molar-refractivity contribution is 0.230. The van der Waals surface area contributed by atoms with Gasteiger partial charge in [-0.1, -0.05) is 0 Å². The third kappa shape index (κ3) is 2.82. The first-order valence-corrected chi connectivity index (χ1v) is 6.59. The van der Waals surface area contributed by atoms with E-state index in [1.54, 1.807) is 0 Å². The highest BCUT2D eigenvalue weighted by Gasteiger charge is 2.26. The largest absolute Gasteiger partial charge is 0.314 e. The van der Waals surface area contributed by atoms with Crippen LogP contribution in [0.4, 0.5) is 0 Å². The number of hydrogen-bond acceptors (Lipinski definition) is 4. The SMILES string of the molecule is Cc1nc(CN2CCNCC2)cc(C2CC2)n1. The third-order valence-electron chi connectivity index (χ3n) is 3.50. The Kier molecular flexibility index (Phi) is 3.07. The smallest absolute Gasteiger partial charge is 0.125 e. The van der Waals surface area contributed by atoms with Crippen LogP contribution in [0.5, 0.6) is 0 Å². The Labute approximate surface area is 102 Å². The van der Waals surface area contributed by atoms with Gasteiger partial charge in [-0.05, 0) is 25.8 Å². The zero-order chi connectivity index (χ0) is 11.7. The fraction of sp³-hybridized carbons (Fsp3) is 0.692. The molecule has 0 amide bonds. The van der Waals surface area contributed by atoms with E-state index in [1.165, 1.54) is 24.2 Å². The molecule has 0 aromatic carbocycles. The van der Waals surface area contributed by atoms with E-state index >= 15 is 0 Å². The molecule has 1 aromatic heterocycles. The summed E-state index contributed by atoms with van der Waals surface area (Å²) in [5.41, 5.74) is 2.46. The molecule has 1 aliphatic heterocycles. The summed E-state index contributed by atoms with van der Waals surface area (Å²) in [5.74, 6) is 1.65. The van der Waals surface area contributed by atoms with Crippen LogP contribution < -0.4 is 5.32 Å². The van der Waals surface area contributed by atoms with Crippen molar-refractivity contribution in [2.24, 2.45) is 0 Å². The van der Waals surface area contributed by atoms with Crippen molar-refractivity contribution in [3.63, 3.8) is 0 Å². The van der Waals surface area contributed by atoms with Crippen molar-refractivity contribution in [2.75, 3.05) is 26.2 Å². The summed E-state index contributed by atoms with van der Waals surface area (Å²) in [4.78, 5) is 11.6. The van der Waals surface area contributed by atoms with Crippen LogP contribution in [0.15, 0.2) is 6.07 Å². The maximum Gasteiger partial charge on any atom is 0.125 e. The molecule has 1 aliphatic carbocycles. The van der Waals surface area contributed by atoms with Gasteiger partial charge in [0.25, 0.3) is 0 Å². The molecule has 17 heavy (non-hydrogen) atoms. The van der Waals surface area contributed by atoms with Crippen molar-refractivity contribution in [3.05, 3.63) is 23.3 Å². The van der Waals surface area contributed by atoms with Gasteiger partial charge in [0.15, 0.2) is 0 Å². The normalized spacial score (nSPS) is 21.7. The molecule has 1 aromatic rings. The Balaban J connectivity index is 1.72. The van der Waals surface area contributed by atoms with Gasteiger partial charge in [-0.3, -0.25) is 4.90 Å². The minimum Gasteiger partial charge on any atom is -0.314 e. The molecule has 2 heterocycles. The van der Waals surface area contributed by atoms with Crippen LogP contribution >= 0.6 is 0 Å². The number of aryl methyl sites for hydroxylation is 1. The van der Waals surface area contributed by atoms with Crippen LogP contribution in [0.1, 0.15) is 36.0 Å². The van der Waals surface area contributed by atoms with E-state index in [0.29, 0.717) is 0 Å². The molecule has 92 valence electrons. The molecule has 2 aliphatic rings. The van der Waals surface area contributed by atoms with Crippen LogP contribution in [0.2, 0.25) is 0 Å². The minimum atomic E-state index is 0.721. The van der Waals surface area contributed by atoms with E-state index in [0.717, 1.165) is 44.5 Å². The summed E-state index contributed by atoms with van der Waals surface area (Å²) in [5, 5.41) is 3.38. The standard InChI is InChI=1S/C13H20N4/c1-10-15-12(8-13(16-10)11-2-3-11)9-17-6-4-14-5-7-17/h8,11,14H,2-7,9H2,1H3. The van der Waals surface area contributed by atoms with Gasteiger partial charge in [-0.25, -0.2) is 9.97 Å². The molecule has 0 spiro atoms. The first-order chi connectivity index (χ1) is 8.31. The zero-order valence-electron chi connectivity index (χ0n) is 10.4. The van der Waals surface area contributed by atoms with Crippen molar-refractivity contribution >= 4 is 0 Å². The van der Waals surface area contributed by atoms with Crippen LogP contribution in [-0.2, 0) is 6.54 Å². The molecule has 1 saturated carbocycles. The highest BCUT2D eigenvalue weighted by Crippen LogP contribution is 2.39. The first-order valence-electron chi connectivity index (χ1n) is 6.59. The average Bonchev–Trinajstić information content (AvgIpc) is 3.13. The molecule has 4 nitrogen and oxygen atoms in total. The lowest BCUT2D eigenvalue weighted by Gasteiger charge is -2.26. The Morgan fingerprint density at radius 1 is 1.29 bits per heavy atom. The maximum atomic E-state index is 4.56. The van der Waals surface area contributed by atoms with E-state index in [1.807, 2.05) is 6.92 Å². The average molecular weight is 232 g/mol. The van der Waals surface area contributed by atoms with E-state index in [2.05, 4.69) is 26.3 Å². The summed E-state index contributed by atoms with van der Waals surface area (Å²) >= 11 is 0. The van der Waals surface area contributed by atoms with Gasteiger partial charge < -0.3 is 5.32 Å². The second-order valence-corrected chi connectivity index (χ2v) is 5.13. The molecule has 0 unspecified atom stereocenters. The molecular weight excluding hydrogens is 212 g/mol. The van der Waals surface area contributed by atoms with Crippen LogP contribution in [-0.4, -0.2) is 41.0 Å². The van der Waals surface area contributed by atoms with Crippen LogP contribution in [0.25, 0.3) is 0 Å². The van der Waals surface area contributed by atoms with Gasteiger partial charge in [0.2, 0.25) is 0 Å². The van der Waals surface area contributed by atoms with Gasteiger partial charge >= 0.3 is 0 Å². The number of nitrogens with one attached hydrogen (secondary N) is 1. The Hall–Kier alpha value is -1.00. The number of hydrogen-bond donors (Lipinski definition) is 1. The predicted octanol–water partition coefficient (Wildman–Crippen LogP) is 1.07. The van der Waals surface area contributed by atoms with E-state index in [9.17, 15) is 0 Å². The molecule has 1 saturated heterocycles. The summed E-state index contributed by atoms with van der Waals surface area (Å²) in [7, 11) is 0.